The molecule has 0 bridgehead atoms. The van der Waals surface area contributed by atoms with Gasteiger partial charge in [0.25, 0.3) is 5.69 Å². The first-order chi connectivity index (χ1) is 11.3. The third kappa shape index (κ3) is 2.51. The summed E-state index contributed by atoms with van der Waals surface area (Å²) in [6, 6.07) is 5.63. The summed E-state index contributed by atoms with van der Waals surface area (Å²) in [5, 5.41) is 12.0. The van der Waals surface area contributed by atoms with E-state index in [9.17, 15) is 10.1 Å². The van der Waals surface area contributed by atoms with Crippen LogP contribution >= 0.6 is 11.6 Å². The maximum atomic E-state index is 11.3. The number of nitrogens with zero attached hydrogens (tertiary/aromatic N) is 3. The molecule has 2 aromatic heterocycles. The lowest BCUT2D eigenvalue weighted by Gasteiger charge is -2.13. The van der Waals surface area contributed by atoms with E-state index < -0.39 is 4.92 Å². The molecule has 0 aliphatic heterocycles. The average Bonchev–Trinajstić information content (AvgIpc) is 2.52. The summed E-state index contributed by atoms with van der Waals surface area (Å²) in [6.45, 7) is 7.92. The van der Waals surface area contributed by atoms with Gasteiger partial charge in [-0.15, -0.1) is 0 Å². The van der Waals surface area contributed by atoms with Crippen molar-refractivity contribution in [1.82, 2.24) is 9.97 Å². The van der Waals surface area contributed by atoms with Crippen molar-refractivity contribution in [3.63, 3.8) is 0 Å². The van der Waals surface area contributed by atoms with Crippen LogP contribution in [0.25, 0.3) is 22.2 Å². The second kappa shape index (κ2) is 5.83. The van der Waals surface area contributed by atoms with Crippen molar-refractivity contribution < 1.29 is 4.92 Å². The fourth-order valence-corrected chi connectivity index (χ4v) is 3.19. The molecule has 0 spiro atoms. The third-order valence-electron chi connectivity index (χ3n) is 4.41. The summed E-state index contributed by atoms with van der Waals surface area (Å²) in [5.41, 5.74) is 5.97. The Kier molecular flexibility index (Phi) is 3.97. The molecular weight excluding hydrogens is 326 g/mol. The van der Waals surface area contributed by atoms with E-state index in [0.29, 0.717) is 27.3 Å². The van der Waals surface area contributed by atoms with Gasteiger partial charge in [-0.25, -0.2) is 4.98 Å². The number of pyridine rings is 2. The van der Waals surface area contributed by atoms with E-state index in [2.05, 4.69) is 9.97 Å². The molecule has 122 valence electrons. The second-order valence-corrected chi connectivity index (χ2v) is 6.31. The van der Waals surface area contributed by atoms with Crippen molar-refractivity contribution in [3.05, 3.63) is 61.9 Å². The quantitative estimate of drug-likeness (QED) is 0.480. The molecule has 6 heteroatoms. The molecule has 0 atom stereocenters. The van der Waals surface area contributed by atoms with E-state index in [-0.39, 0.29) is 5.69 Å². The zero-order chi connectivity index (χ0) is 17.6. The van der Waals surface area contributed by atoms with Gasteiger partial charge in [-0.1, -0.05) is 23.7 Å². The Bertz CT molecular complexity index is 999. The number of fused-ring (bicyclic) bond motifs is 1. The van der Waals surface area contributed by atoms with Gasteiger partial charge < -0.3 is 0 Å². The van der Waals surface area contributed by atoms with Crippen molar-refractivity contribution in [3.8, 4) is 11.3 Å². The van der Waals surface area contributed by atoms with Crippen molar-refractivity contribution in [1.29, 1.82) is 0 Å². The van der Waals surface area contributed by atoms with Gasteiger partial charge in [0.1, 0.15) is 17.1 Å². The summed E-state index contributed by atoms with van der Waals surface area (Å²) < 4.78 is 0. The van der Waals surface area contributed by atoms with Crippen LogP contribution in [-0.2, 0) is 0 Å². The number of hydrogen-bond acceptors (Lipinski definition) is 4. The van der Waals surface area contributed by atoms with Crippen LogP contribution in [0.15, 0.2) is 24.4 Å². The molecule has 0 N–H and O–H groups in total. The van der Waals surface area contributed by atoms with Crippen molar-refractivity contribution in [2.24, 2.45) is 0 Å². The predicted octanol–water partition coefficient (Wildman–Crippen LogP) is 5.09. The minimum atomic E-state index is -0.477. The molecule has 1 aromatic carbocycles. The normalized spacial score (nSPS) is 11.0. The number of rotatable bonds is 2. The first-order valence-electron chi connectivity index (χ1n) is 7.48. The molecule has 0 aliphatic carbocycles. The summed E-state index contributed by atoms with van der Waals surface area (Å²) in [7, 11) is 0. The first-order valence-corrected chi connectivity index (χ1v) is 7.86. The van der Waals surface area contributed by atoms with Crippen LogP contribution in [0.2, 0.25) is 5.02 Å². The number of hydrogen-bond donors (Lipinski definition) is 0. The molecule has 5 nitrogen and oxygen atoms in total. The molecule has 3 rings (SSSR count). The van der Waals surface area contributed by atoms with Gasteiger partial charge in [0.05, 0.1) is 15.6 Å². The van der Waals surface area contributed by atoms with Crippen molar-refractivity contribution in [2.75, 3.05) is 0 Å². The van der Waals surface area contributed by atoms with Crippen LogP contribution in [0.3, 0.4) is 0 Å². The molecule has 0 radical (unpaired) electrons. The monoisotopic (exact) mass is 341 g/mol. The maximum Gasteiger partial charge on any atom is 0.298 e. The maximum absolute atomic E-state index is 11.3. The Morgan fingerprint density at radius 2 is 1.83 bits per heavy atom. The summed E-state index contributed by atoms with van der Waals surface area (Å²) >= 11 is 6.30. The number of halogens is 1. The standard InChI is InChI=1S/C18H16ClN3O2/c1-9-5-6-13(12(4)11(9)3)17-18-16(14(19)7-10(2)21-18)15(8-20-17)22(23)24/h5-8H,1-4H3. The number of nitro groups is 1. The highest BCUT2D eigenvalue weighted by Crippen LogP contribution is 2.37. The molecule has 0 unspecified atom stereocenters. The van der Waals surface area contributed by atoms with Crippen LogP contribution in [0.4, 0.5) is 5.69 Å². The summed E-state index contributed by atoms with van der Waals surface area (Å²) in [5.74, 6) is 0. The third-order valence-corrected chi connectivity index (χ3v) is 4.70. The summed E-state index contributed by atoms with van der Waals surface area (Å²) in [4.78, 5) is 19.7. The molecule has 24 heavy (non-hydrogen) atoms. The van der Waals surface area contributed by atoms with E-state index in [4.69, 9.17) is 11.6 Å². The van der Waals surface area contributed by atoms with Gasteiger partial charge >= 0.3 is 0 Å². The zero-order valence-electron chi connectivity index (χ0n) is 13.8. The van der Waals surface area contributed by atoms with Gasteiger partial charge in [0, 0.05) is 11.3 Å². The molecule has 0 saturated heterocycles. The van der Waals surface area contributed by atoms with E-state index in [1.165, 1.54) is 17.3 Å². The molecule has 0 saturated carbocycles. The highest BCUT2D eigenvalue weighted by Gasteiger charge is 2.22. The van der Waals surface area contributed by atoms with E-state index in [1.54, 1.807) is 13.0 Å². The largest absolute Gasteiger partial charge is 0.298 e. The van der Waals surface area contributed by atoms with Crippen LogP contribution < -0.4 is 0 Å². The van der Waals surface area contributed by atoms with Gasteiger partial charge in [-0.2, -0.15) is 0 Å². The molecule has 0 aliphatic rings. The molecule has 2 heterocycles. The van der Waals surface area contributed by atoms with Gasteiger partial charge in [-0.05, 0) is 50.5 Å². The Morgan fingerprint density at radius 1 is 1.12 bits per heavy atom. The van der Waals surface area contributed by atoms with Crippen molar-refractivity contribution >= 4 is 28.2 Å². The van der Waals surface area contributed by atoms with Crippen LogP contribution in [0.5, 0.6) is 0 Å². The fourth-order valence-electron chi connectivity index (χ4n) is 2.85. The Labute approximate surface area is 144 Å². The smallest absolute Gasteiger partial charge is 0.258 e. The molecule has 3 aromatic rings. The Hall–Kier alpha value is -2.53. The van der Waals surface area contributed by atoms with E-state index in [1.807, 2.05) is 32.9 Å². The van der Waals surface area contributed by atoms with Gasteiger partial charge in [0.15, 0.2) is 0 Å². The minimum Gasteiger partial charge on any atom is -0.258 e. The summed E-state index contributed by atoms with van der Waals surface area (Å²) in [6.07, 6.45) is 1.26. The van der Waals surface area contributed by atoms with Gasteiger partial charge in [0.2, 0.25) is 0 Å². The lowest BCUT2D eigenvalue weighted by atomic mass is 9.95. The van der Waals surface area contributed by atoms with E-state index >= 15 is 0 Å². The minimum absolute atomic E-state index is 0.132. The number of benzene rings is 1. The average molecular weight is 342 g/mol. The van der Waals surface area contributed by atoms with Crippen LogP contribution in [-0.4, -0.2) is 14.9 Å². The highest BCUT2D eigenvalue weighted by atomic mass is 35.5. The molecule has 0 amide bonds. The zero-order valence-corrected chi connectivity index (χ0v) is 14.6. The van der Waals surface area contributed by atoms with E-state index in [0.717, 1.165) is 11.1 Å². The Balaban J connectivity index is 2.45. The second-order valence-electron chi connectivity index (χ2n) is 5.90. The molecule has 0 fully saturated rings. The van der Waals surface area contributed by atoms with Gasteiger partial charge in [-0.3, -0.25) is 15.1 Å². The SMILES string of the molecule is Cc1cc(Cl)c2c([N+](=O)[O-])cnc(-c3ccc(C)c(C)c3C)c2n1. The first kappa shape index (κ1) is 16.3. The molecular formula is C18H16ClN3O2. The van der Waals surface area contributed by atoms with Crippen molar-refractivity contribution in [2.45, 2.75) is 27.7 Å². The lowest BCUT2D eigenvalue weighted by Crippen LogP contribution is -1.99. The Morgan fingerprint density at radius 3 is 2.50 bits per heavy atom. The number of aryl methyl sites for hydroxylation is 2. The van der Waals surface area contributed by atoms with Crippen LogP contribution in [0.1, 0.15) is 22.4 Å². The topological polar surface area (TPSA) is 68.9 Å². The highest BCUT2D eigenvalue weighted by molar-refractivity contribution is 6.36. The predicted molar refractivity (Wildman–Crippen MR) is 95.6 cm³/mol. The van der Waals surface area contributed by atoms with Crippen LogP contribution in [0, 0.1) is 37.8 Å². The lowest BCUT2D eigenvalue weighted by molar-refractivity contribution is -0.383. The fraction of sp³-hybridized carbons (Fsp3) is 0.222. The number of aromatic nitrogens is 2.